The second kappa shape index (κ2) is 6.41. The van der Waals surface area contributed by atoms with E-state index < -0.39 is 21.9 Å². The Morgan fingerprint density at radius 2 is 1.75 bits per heavy atom. The normalized spacial score (nSPS) is 13.8. The summed E-state index contributed by atoms with van der Waals surface area (Å²) in [5.41, 5.74) is 0.463. The third-order valence-corrected chi connectivity index (χ3v) is 5.02. The summed E-state index contributed by atoms with van der Waals surface area (Å²) in [6.07, 6.45) is 0. The molecular formula is C15H12BrFO2S. The lowest BCUT2D eigenvalue weighted by Crippen LogP contribution is -2.23. The van der Waals surface area contributed by atoms with Gasteiger partial charge in [0.1, 0.15) is 5.82 Å². The number of benzene rings is 2. The number of halogens is 2. The van der Waals surface area contributed by atoms with E-state index >= 15 is 0 Å². The zero-order valence-corrected chi connectivity index (χ0v) is 13.1. The molecule has 20 heavy (non-hydrogen) atoms. The van der Waals surface area contributed by atoms with Gasteiger partial charge >= 0.3 is 0 Å². The first-order valence-corrected chi connectivity index (χ1v) is 7.96. The summed E-state index contributed by atoms with van der Waals surface area (Å²) in [7, 11) is -1.71. The molecule has 2 rings (SSSR count). The number of ketones is 1. The summed E-state index contributed by atoms with van der Waals surface area (Å²) < 4.78 is 26.8. The summed E-state index contributed by atoms with van der Waals surface area (Å²) in [5, 5.41) is -0.798. The largest absolute Gasteiger partial charge is 0.293 e. The second-order valence-electron chi connectivity index (χ2n) is 4.24. The van der Waals surface area contributed by atoms with Crippen molar-refractivity contribution in [2.75, 3.05) is 0 Å². The fourth-order valence-electron chi connectivity index (χ4n) is 1.74. The zero-order chi connectivity index (χ0) is 14.7. The molecule has 0 N–H and O–H groups in total. The van der Waals surface area contributed by atoms with Gasteiger partial charge in [0.2, 0.25) is 0 Å². The topological polar surface area (TPSA) is 34.1 Å². The van der Waals surface area contributed by atoms with E-state index in [-0.39, 0.29) is 10.7 Å². The fourth-order valence-corrected chi connectivity index (χ4v) is 3.19. The van der Waals surface area contributed by atoms with Crippen LogP contribution in [0.4, 0.5) is 4.39 Å². The Morgan fingerprint density at radius 1 is 1.15 bits per heavy atom. The van der Waals surface area contributed by atoms with Gasteiger partial charge in [-0.15, -0.1) is 0 Å². The molecule has 2 nitrogen and oxygen atoms in total. The Bertz CT molecular complexity index is 655. The van der Waals surface area contributed by atoms with Crippen molar-refractivity contribution in [3.8, 4) is 0 Å². The van der Waals surface area contributed by atoms with Crippen LogP contribution in [0.2, 0.25) is 0 Å². The maximum atomic E-state index is 13.6. The monoisotopic (exact) mass is 354 g/mol. The number of hydrogen-bond acceptors (Lipinski definition) is 2. The van der Waals surface area contributed by atoms with Crippen LogP contribution in [0, 0.1) is 5.82 Å². The molecule has 0 aliphatic carbocycles. The lowest BCUT2D eigenvalue weighted by Gasteiger charge is -2.11. The van der Waals surface area contributed by atoms with Crippen LogP contribution in [0.5, 0.6) is 0 Å². The molecule has 0 aliphatic heterocycles. The zero-order valence-electron chi connectivity index (χ0n) is 10.7. The van der Waals surface area contributed by atoms with E-state index in [4.69, 9.17) is 0 Å². The first-order valence-electron chi connectivity index (χ1n) is 5.95. The molecule has 0 heterocycles. The minimum atomic E-state index is -1.71. The Morgan fingerprint density at radius 3 is 2.35 bits per heavy atom. The predicted octanol–water partition coefficient (Wildman–Crippen LogP) is 3.97. The molecule has 0 aliphatic rings. The van der Waals surface area contributed by atoms with E-state index in [2.05, 4.69) is 15.9 Å². The molecule has 2 aromatic carbocycles. The lowest BCUT2D eigenvalue weighted by atomic mass is 10.1. The van der Waals surface area contributed by atoms with Gasteiger partial charge in [-0.3, -0.25) is 9.00 Å². The van der Waals surface area contributed by atoms with Crippen molar-refractivity contribution in [1.82, 2.24) is 0 Å². The van der Waals surface area contributed by atoms with Crippen LogP contribution in [-0.2, 0) is 10.8 Å². The van der Waals surface area contributed by atoms with Gasteiger partial charge in [0.15, 0.2) is 5.78 Å². The Balaban J connectivity index is 2.25. The van der Waals surface area contributed by atoms with Gasteiger partial charge < -0.3 is 0 Å². The quantitative estimate of drug-likeness (QED) is 0.778. The van der Waals surface area contributed by atoms with Crippen LogP contribution in [0.1, 0.15) is 17.3 Å². The average Bonchev–Trinajstić information content (AvgIpc) is 2.46. The highest BCUT2D eigenvalue weighted by Gasteiger charge is 2.24. The van der Waals surface area contributed by atoms with Crippen molar-refractivity contribution in [3.05, 3.63) is 64.4 Å². The molecule has 5 heteroatoms. The van der Waals surface area contributed by atoms with E-state index in [9.17, 15) is 13.4 Å². The van der Waals surface area contributed by atoms with Crippen molar-refractivity contribution >= 4 is 32.5 Å². The molecule has 0 spiro atoms. The van der Waals surface area contributed by atoms with Gasteiger partial charge in [-0.05, 0) is 31.2 Å². The lowest BCUT2D eigenvalue weighted by molar-refractivity contribution is 0.0992. The highest BCUT2D eigenvalue weighted by Crippen LogP contribution is 2.19. The molecule has 0 radical (unpaired) electrons. The summed E-state index contributed by atoms with van der Waals surface area (Å²) in [5.74, 6) is -0.819. The molecule has 2 aromatic rings. The van der Waals surface area contributed by atoms with Crippen LogP contribution >= 0.6 is 15.9 Å². The molecule has 0 saturated heterocycles. The highest BCUT2D eigenvalue weighted by atomic mass is 79.9. The number of carbonyl (C=O) groups is 1. The van der Waals surface area contributed by atoms with E-state index in [0.717, 1.165) is 4.47 Å². The predicted molar refractivity (Wildman–Crippen MR) is 80.7 cm³/mol. The van der Waals surface area contributed by atoms with E-state index in [1.54, 1.807) is 37.3 Å². The third kappa shape index (κ3) is 3.22. The van der Waals surface area contributed by atoms with E-state index in [0.29, 0.717) is 5.56 Å². The Hall–Kier alpha value is -1.33. The highest BCUT2D eigenvalue weighted by molar-refractivity contribution is 9.10. The smallest absolute Gasteiger partial charge is 0.178 e. The molecule has 2 atom stereocenters. The molecule has 0 amide bonds. The van der Waals surface area contributed by atoms with Crippen LogP contribution in [0.25, 0.3) is 0 Å². The molecule has 0 fully saturated rings. The third-order valence-electron chi connectivity index (χ3n) is 2.87. The number of Topliss-reactive ketones (excluding diaryl/α,β-unsaturated/α-hetero) is 1. The van der Waals surface area contributed by atoms with Gasteiger partial charge in [0.05, 0.1) is 20.9 Å². The summed E-state index contributed by atoms with van der Waals surface area (Å²) in [6.45, 7) is 1.55. The molecule has 2 unspecified atom stereocenters. The van der Waals surface area contributed by atoms with Crippen LogP contribution in [-0.4, -0.2) is 15.2 Å². The summed E-state index contributed by atoms with van der Waals surface area (Å²) >= 11 is 3.29. The van der Waals surface area contributed by atoms with Gasteiger partial charge in [0, 0.05) is 10.0 Å². The van der Waals surface area contributed by atoms with Crippen LogP contribution in [0.3, 0.4) is 0 Å². The van der Waals surface area contributed by atoms with Crippen LogP contribution < -0.4 is 0 Å². The molecule has 104 valence electrons. The minimum Gasteiger partial charge on any atom is -0.293 e. The summed E-state index contributed by atoms with van der Waals surface area (Å²) in [4.78, 5) is 12.3. The first kappa shape index (κ1) is 15.1. The first-order chi connectivity index (χ1) is 9.50. The van der Waals surface area contributed by atoms with E-state index in [1.807, 2.05) is 0 Å². The van der Waals surface area contributed by atoms with Gasteiger partial charge in [-0.25, -0.2) is 4.39 Å². The molecular weight excluding hydrogens is 343 g/mol. The average molecular weight is 355 g/mol. The van der Waals surface area contributed by atoms with Gasteiger partial charge in [-0.1, -0.05) is 40.2 Å². The SMILES string of the molecule is CC(C(=O)c1ccc(Br)cc1)S(=O)c1ccccc1F. The standard InChI is InChI=1S/C15H12BrFO2S/c1-10(15(18)11-6-8-12(16)9-7-11)20(19)14-5-3-2-4-13(14)17/h2-10H,1H3. The second-order valence-corrected chi connectivity index (χ2v) is 6.90. The molecule has 0 aromatic heterocycles. The van der Waals surface area contributed by atoms with Crippen molar-refractivity contribution in [1.29, 1.82) is 0 Å². The number of carbonyl (C=O) groups excluding carboxylic acids is 1. The number of rotatable bonds is 4. The number of hydrogen-bond donors (Lipinski definition) is 0. The Labute approximate surface area is 127 Å². The maximum Gasteiger partial charge on any atom is 0.178 e. The fraction of sp³-hybridized carbons (Fsp3) is 0.133. The minimum absolute atomic E-state index is 0.0606. The molecule has 0 bridgehead atoms. The van der Waals surface area contributed by atoms with Gasteiger partial charge in [-0.2, -0.15) is 0 Å². The summed E-state index contributed by atoms with van der Waals surface area (Å²) in [6, 6.07) is 12.6. The van der Waals surface area contributed by atoms with Crippen molar-refractivity contribution in [2.45, 2.75) is 17.1 Å². The maximum absolute atomic E-state index is 13.6. The van der Waals surface area contributed by atoms with Crippen molar-refractivity contribution in [2.24, 2.45) is 0 Å². The van der Waals surface area contributed by atoms with E-state index in [1.165, 1.54) is 18.2 Å². The van der Waals surface area contributed by atoms with Crippen molar-refractivity contribution < 1.29 is 13.4 Å². The molecule has 0 saturated carbocycles. The Kier molecular flexibility index (Phi) is 4.83. The van der Waals surface area contributed by atoms with Crippen LogP contribution in [0.15, 0.2) is 57.9 Å². The van der Waals surface area contributed by atoms with Gasteiger partial charge in [0.25, 0.3) is 0 Å². The van der Waals surface area contributed by atoms with Crippen molar-refractivity contribution in [3.63, 3.8) is 0 Å².